The number of pyridine rings is 2. The smallest absolute Gasteiger partial charge is 0.309 e. The largest absolute Gasteiger partial charge is 0.426 e. The Kier molecular flexibility index (Phi) is 8.74. The number of aromatic nitrogens is 2. The molecule has 36 heavy (non-hydrogen) atoms. The van der Waals surface area contributed by atoms with Crippen LogP contribution in [-0.2, 0) is 28.8 Å². The number of hydrogen-bond acceptors (Lipinski definition) is 14. The highest BCUT2D eigenvalue weighted by Crippen LogP contribution is 2.53. The van der Waals surface area contributed by atoms with Crippen molar-refractivity contribution in [3.8, 4) is 46.0 Å². The van der Waals surface area contributed by atoms with Gasteiger partial charge >= 0.3 is 35.8 Å². The van der Waals surface area contributed by atoms with E-state index in [1.165, 1.54) is 6.07 Å². The van der Waals surface area contributed by atoms with Crippen molar-refractivity contribution in [2.75, 3.05) is 0 Å². The molecule has 190 valence electrons. The van der Waals surface area contributed by atoms with E-state index in [1.807, 2.05) is 0 Å². The fourth-order valence-electron chi connectivity index (χ4n) is 2.73. The Balaban J connectivity index is 3.17. The Morgan fingerprint density at radius 1 is 0.528 bits per heavy atom. The highest BCUT2D eigenvalue weighted by molar-refractivity contribution is 5.92. The molecule has 0 aromatic carbocycles. The van der Waals surface area contributed by atoms with E-state index in [4.69, 9.17) is 28.4 Å². The van der Waals surface area contributed by atoms with E-state index >= 15 is 0 Å². The van der Waals surface area contributed by atoms with Crippen LogP contribution in [0, 0.1) is 0 Å². The van der Waals surface area contributed by atoms with Gasteiger partial charge < -0.3 is 28.4 Å². The number of esters is 6. The summed E-state index contributed by atoms with van der Waals surface area (Å²) < 4.78 is 30.8. The predicted molar refractivity (Wildman–Crippen MR) is 115 cm³/mol. The Morgan fingerprint density at radius 3 is 1.47 bits per heavy atom. The van der Waals surface area contributed by atoms with Gasteiger partial charge in [0.2, 0.25) is 17.5 Å². The molecular weight excluding hydrogens is 484 g/mol. The lowest BCUT2D eigenvalue weighted by atomic mass is 10.1. The molecule has 0 aliphatic heterocycles. The van der Waals surface area contributed by atoms with Gasteiger partial charge in [-0.25, -0.2) is 4.98 Å². The summed E-state index contributed by atoms with van der Waals surface area (Å²) >= 11 is 0. The van der Waals surface area contributed by atoms with Crippen LogP contribution in [0.3, 0.4) is 0 Å². The third-order valence-electron chi connectivity index (χ3n) is 3.64. The van der Waals surface area contributed by atoms with Gasteiger partial charge in [0, 0.05) is 53.8 Å². The second kappa shape index (κ2) is 11.5. The molecule has 0 saturated heterocycles. The lowest BCUT2D eigenvalue weighted by Gasteiger charge is -2.20. The summed E-state index contributed by atoms with van der Waals surface area (Å²) in [6.45, 7) is 6.11. The van der Waals surface area contributed by atoms with Crippen LogP contribution in [0.25, 0.3) is 11.1 Å². The molecule has 14 heteroatoms. The third kappa shape index (κ3) is 7.06. The van der Waals surface area contributed by atoms with Crippen LogP contribution in [-0.4, -0.2) is 45.8 Å². The van der Waals surface area contributed by atoms with Crippen molar-refractivity contribution in [1.82, 2.24) is 9.97 Å². The molecule has 0 bridgehead atoms. The minimum Gasteiger partial charge on any atom is -0.426 e. The monoisotopic (exact) mass is 504 g/mol. The van der Waals surface area contributed by atoms with Crippen LogP contribution in [0.4, 0.5) is 0 Å². The number of hydrogen-bond donors (Lipinski definition) is 0. The molecule has 14 nitrogen and oxygen atoms in total. The average Bonchev–Trinajstić information content (AvgIpc) is 2.69. The molecule has 2 rings (SSSR count). The van der Waals surface area contributed by atoms with Crippen LogP contribution in [0.5, 0.6) is 34.9 Å². The van der Waals surface area contributed by atoms with Crippen LogP contribution >= 0.6 is 0 Å². The van der Waals surface area contributed by atoms with E-state index in [-0.39, 0.29) is 11.3 Å². The van der Waals surface area contributed by atoms with Gasteiger partial charge in [0.15, 0.2) is 5.75 Å². The molecule has 2 heterocycles. The second-order valence-electron chi connectivity index (χ2n) is 6.81. The summed E-state index contributed by atoms with van der Waals surface area (Å²) in [4.78, 5) is 78.9. The Hall–Kier alpha value is -4.88. The molecule has 0 N–H and O–H groups in total. The highest BCUT2D eigenvalue weighted by Gasteiger charge is 2.34. The molecule has 0 aliphatic carbocycles. The molecule has 0 aliphatic rings. The number of ether oxygens (including phenoxy) is 6. The molecule has 0 amide bonds. The van der Waals surface area contributed by atoms with Crippen LogP contribution in [0.1, 0.15) is 41.5 Å². The van der Waals surface area contributed by atoms with Gasteiger partial charge in [-0.3, -0.25) is 28.8 Å². The molecule has 2 aromatic heterocycles. The van der Waals surface area contributed by atoms with E-state index < -0.39 is 70.5 Å². The minimum atomic E-state index is -0.967. The maximum atomic E-state index is 12.0. The van der Waals surface area contributed by atoms with Crippen molar-refractivity contribution in [3.63, 3.8) is 0 Å². The first kappa shape index (κ1) is 27.4. The minimum absolute atomic E-state index is 0.300. The van der Waals surface area contributed by atoms with Crippen LogP contribution in [0.15, 0.2) is 12.3 Å². The summed E-state index contributed by atoms with van der Waals surface area (Å²) in [6.07, 6.45) is 1.13. The predicted octanol–water partition coefficient (Wildman–Crippen LogP) is 1.70. The fraction of sp³-hybridized carbons (Fsp3) is 0.273. The zero-order valence-corrected chi connectivity index (χ0v) is 19.9. The zero-order valence-electron chi connectivity index (χ0n) is 19.9. The molecular formula is C22H20N2O12. The quantitative estimate of drug-likeness (QED) is 0.496. The van der Waals surface area contributed by atoms with Gasteiger partial charge in [0.25, 0.3) is 5.88 Å². The highest BCUT2D eigenvalue weighted by atomic mass is 16.6. The van der Waals surface area contributed by atoms with Gasteiger partial charge in [0.05, 0.1) is 5.56 Å². The third-order valence-corrected chi connectivity index (χ3v) is 3.64. The van der Waals surface area contributed by atoms with Crippen molar-refractivity contribution < 1.29 is 57.2 Å². The number of nitrogens with zero attached hydrogens (tertiary/aromatic N) is 2. The summed E-state index contributed by atoms with van der Waals surface area (Å²) in [6, 6.07) is 1.18. The van der Waals surface area contributed by atoms with E-state index in [0.29, 0.717) is 0 Å². The van der Waals surface area contributed by atoms with E-state index in [9.17, 15) is 28.8 Å². The summed E-state index contributed by atoms with van der Waals surface area (Å²) in [5, 5.41) is 0. The molecule has 0 fully saturated rings. The first-order valence-electron chi connectivity index (χ1n) is 9.98. The first-order chi connectivity index (χ1) is 16.8. The van der Waals surface area contributed by atoms with Gasteiger partial charge in [-0.05, 0) is 0 Å². The molecule has 0 radical (unpaired) electrons. The molecule has 0 atom stereocenters. The average molecular weight is 504 g/mol. The van der Waals surface area contributed by atoms with Crippen molar-refractivity contribution in [1.29, 1.82) is 0 Å². The Labute approximate surface area is 203 Å². The SMILES string of the molecule is CC(=O)Oc1ccnc(OC(C)=O)c1-c1c(OC(C)=O)nc(OC(C)=O)c(OC(C)=O)c1OC(C)=O. The fourth-order valence-corrected chi connectivity index (χ4v) is 2.73. The number of carbonyl (C=O) groups excluding carboxylic acids is 6. The maximum absolute atomic E-state index is 12.0. The summed E-state index contributed by atoms with van der Waals surface area (Å²) in [7, 11) is 0. The van der Waals surface area contributed by atoms with Crippen molar-refractivity contribution in [3.05, 3.63) is 12.3 Å². The normalized spacial score (nSPS) is 10.1. The summed E-state index contributed by atoms with van der Waals surface area (Å²) in [5.74, 6) is -8.93. The molecule has 0 unspecified atom stereocenters. The maximum Gasteiger partial charge on any atom is 0.309 e. The lowest BCUT2D eigenvalue weighted by molar-refractivity contribution is -0.136. The standard InChI is InChI=1S/C22H20N2O12/c1-9(25)31-15-7-8-23-20(34-12(4)28)16(15)17-18(32-10(2)26)19(33-11(3)27)22(36-14(6)30)24-21(17)35-13(5)29/h7-8H,1-6H3. The Bertz CT molecular complexity index is 1230. The zero-order chi connectivity index (χ0) is 27.2. The van der Waals surface area contributed by atoms with Crippen molar-refractivity contribution >= 4 is 35.8 Å². The van der Waals surface area contributed by atoms with Gasteiger partial charge in [-0.15, -0.1) is 0 Å². The van der Waals surface area contributed by atoms with Crippen LogP contribution < -0.4 is 28.4 Å². The second-order valence-corrected chi connectivity index (χ2v) is 6.81. The van der Waals surface area contributed by atoms with Crippen LogP contribution in [0.2, 0.25) is 0 Å². The van der Waals surface area contributed by atoms with E-state index in [1.54, 1.807) is 0 Å². The number of rotatable bonds is 7. The lowest BCUT2D eigenvalue weighted by Crippen LogP contribution is -2.16. The molecule has 0 saturated carbocycles. The number of carbonyl (C=O) groups is 6. The first-order valence-corrected chi connectivity index (χ1v) is 9.98. The van der Waals surface area contributed by atoms with Gasteiger partial charge in [-0.1, -0.05) is 0 Å². The van der Waals surface area contributed by atoms with Crippen molar-refractivity contribution in [2.24, 2.45) is 0 Å². The van der Waals surface area contributed by atoms with Gasteiger partial charge in [0.1, 0.15) is 11.3 Å². The van der Waals surface area contributed by atoms with Crippen molar-refractivity contribution in [2.45, 2.75) is 41.5 Å². The summed E-state index contributed by atoms with van der Waals surface area (Å²) in [5.41, 5.74) is -0.821. The topological polar surface area (TPSA) is 184 Å². The van der Waals surface area contributed by atoms with Gasteiger partial charge in [-0.2, -0.15) is 4.98 Å². The van der Waals surface area contributed by atoms with E-state index in [0.717, 1.165) is 47.7 Å². The Morgan fingerprint density at radius 2 is 0.972 bits per heavy atom. The molecule has 0 spiro atoms. The molecule has 2 aromatic rings. The van der Waals surface area contributed by atoms with E-state index in [2.05, 4.69) is 9.97 Å².